The van der Waals surface area contributed by atoms with E-state index >= 15 is 0 Å². The molecule has 1 aliphatic carbocycles. The number of likely N-dealkylation sites (tertiary alicyclic amines) is 1. The molecule has 2 aromatic carbocycles. The van der Waals surface area contributed by atoms with Crippen LogP contribution in [0, 0.1) is 11.3 Å². The molecule has 2 bridgehead atoms. The third kappa shape index (κ3) is 5.00. The minimum atomic E-state index is -0.696. The highest BCUT2D eigenvalue weighted by Gasteiger charge is 2.53. The zero-order chi connectivity index (χ0) is 24.3. The maximum atomic E-state index is 13.4. The SMILES string of the molecule is CCC(C)(C)C(=O)C(=O)N1C2CCC(C2)[C@@H]1C(=O)SCCC(c1ccccc1)c1ccccc1. The van der Waals surface area contributed by atoms with Crippen LogP contribution >= 0.6 is 11.8 Å². The lowest BCUT2D eigenvalue weighted by atomic mass is 9.84. The van der Waals surface area contributed by atoms with Gasteiger partial charge in [-0.2, -0.15) is 0 Å². The lowest BCUT2D eigenvalue weighted by Gasteiger charge is -2.35. The van der Waals surface area contributed by atoms with Crippen molar-refractivity contribution in [2.24, 2.45) is 11.3 Å². The highest BCUT2D eigenvalue weighted by molar-refractivity contribution is 8.13. The van der Waals surface area contributed by atoms with Crippen LogP contribution in [-0.4, -0.2) is 39.5 Å². The van der Waals surface area contributed by atoms with E-state index in [0.29, 0.717) is 12.2 Å². The van der Waals surface area contributed by atoms with Gasteiger partial charge in [0.05, 0.1) is 0 Å². The third-order valence-corrected chi connectivity index (χ3v) is 8.77. The molecule has 0 N–H and O–H groups in total. The molecule has 4 rings (SSSR count). The van der Waals surface area contributed by atoms with Gasteiger partial charge in [-0.05, 0) is 49.1 Å². The van der Waals surface area contributed by atoms with E-state index in [1.54, 1.807) is 4.90 Å². The molecule has 4 nitrogen and oxygen atoms in total. The lowest BCUT2D eigenvalue weighted by molar-refractivity contribution is -0.153. The Morgan fingerprint density at radius 1 is 0.971 bits per heavy atom. The largest absolute Gasteiger partial charge is 0.322 e. The van der Waals surface area contributed by atoms with E-state index in [1.807, 2.05) is 32.9 Å². The van der Waals surface area contributed by atoms with Gasteiger partial charge in [-0.25, -0.2) is 0 Å². The first-order chi connectivity index (χ1) is 16.3. The Labute approximate surface area is 207 Å². The normalized spacial score (nSPS) is 21.8. The summed E-state index contributed by atoms with van der Waals surface area (Å²) in [5.74, 6) is 0.262. The molecule has 1 saturated carbocycles. The summed E-state index contributed by atoms with van der Waals surface area (Å²) in [6, 6.07) is 20.4. The molecule has 2 aliphatic rings. The predicted octanol–water partition coefficient (Wildman–Crippen LogP) is 5.85. The van der Waals surface area contributed by atoms with Crippen molar-refractivity contribution >= 4 is 28.6 Å². The first-order valence-corrected chi connectivity index (χ1v) is 13.5. The molecule has 34 heavy (non-hydrogen) atoms. The van der Waals surface area contributed by atoms with Crippen molar-refractivity contribution in [1.29, 1.82) is 0 Å². The van der Waals surface area contributed by atoms with Gasteiger partial charge in [-0.1, -0.05) is 93.2 Å². The number of fused-ring (bicyclic) bond motifs is 2. The molecule has 0 aromatic heterocycles. The third-order valence-electron chi connectivity index (χ3n) is 7.81. The van der Waals surface area contributed by atoms with Crippen molar-refractivity contribution in [3.63, 3.8) is 0 Å². The van der Waals surface area contributed by atoms with Crippen LogP contribution in [0.4, 0.5) is 0 Å². The van der Waals surface area contributed by atoms with Crippen molar-refractivity contribution in [2.45, 2.75) is 70.9 Å². The second-order valence-corrected chi connectivity index (χ2v) is 11.4. The number of nitrogens with zero attached hydrogens (tertiary/aromatic N) is 1. The number of hydrogen-bond acceptors (Lipinski definition) is 4. The summed E-state index contributed by atoms with van der Waals surface area (Å²) in [6.45, 7) is 5.57. The van der Waals surface area contributed by atoms with Gasteiger partial charge < -0.3 is 4.90 Å². The minimum Gasteiger partial charge on any atom is -0.322 e. The monoisotopic (exact) mass is 477 g/mol. The fourth-order valence-electron chi connectivity index (χ4n) is 5.41. The second kappa shape index (κ2) is 10.5. The van der Waals surface area contributed by atoms with Gasteiger partial charge in [0.1, 0.15) is 6.04 Å². The standard InChI is InChI=1S/C29H35NO3S/c1-4-29(2,3)26(31)27(32)30-23-16-15-22(19-23)25(30)28(33)34-18-17-24(20-11-7-5-8-12-20)21-13-9-6-10-14-21/h5-14,22-25H,4,15-19H2,1-3H3/t22?,23?,25-/m1/s1. The lowest BCUT2D eigenvalue weighted by Crippen LogP contribution is -2.53. The molecule has 1 aliphatic heterocycles. The smallest absolute Gasteiger partial charge is 0.291 e. The molecule has 2 unspecified atom stereocenters. The zero-order valence-corrected chi connectivity index (χ0v) is 21.2. The quantitative estimate of drug-likeness (QED) is 0.425. The van der Waals surface area contributed by atoms with Gasteiger partial charge in [0.25, 0.3) is 5.91 Å². The molecule has 3 atom stereocenters. The van der Waals surface area contributed by atoms with Crippen molar-refractivity contribution in [1.82, 2.24) is 4.90 Å². The molecular weight excluding hydrogens is 442 g/mol. The molecule has 2 aromatic rings. The first-order valence-electron chi connectivity index (χ1n) is 12.5. The number of piperidine rings is 1. The summed E-state index contributed by atoms with van der Waals surface area (Å²) in [7, 11) is 0. The van der Waals surface area contributed by atoms with Gasteiger partial charge >= 0.3 is 0 Å². The Bertz CT molecular complexity index is 981. The van der Waals surface area contributed by atoms with E-state index in [0.717, 1.165) is 25.7 Å². The fraction of sp³-hybridized carbons (Fsp3) is 0.483. The zero-order valence-electron chi connectivity index (χ0n) is 20.4. The van der Waals surface area contributed by atoms with Gasteiger partial charge in [-0.3, -0.25) is 14.4 Å². The number of hydrogen-bond donors (Lipinski definition) is 0. The number of benzene rings is 2. The van der Waals surface area contributed by atoms with Crippen molar-refractivity contribution in [3.8, 4) is 0 Å². The number of amides is 1. The van der Waals surface area contributed by atoms with Crippen LogP contribution in [0.5, 0.6) is 0 Å². The van der Waals surface area contributed by atoms with Crippen molar-refractivity contribution in [2.75, 3.05) is 5.75 Å². The fourth-order valence-corrected chi connectivity index (χ4v) is 6.44. The maximum absolute atomic E-state index is 13.4. The first kappa shape index (κ1) is 24.7. The summed E-state index contributed by atoms with van der Waals surface area (Å²) >= 11 is 1.33. The Kier molecular flexibility index (Phi) is 7.61. The minimum absolute atomic E-state index is 0.0324. The summed E-state index contributed by atoms with van der Waals surface area (Å²) < 4.78 is 0. The molecule has 2 fully saturated rings. The van der Waals surface area contributed by atoms with Gasteiger partial charge in [0, 0.05) is 23.1 Å². The van der Waals surface area contributed by atoms with Crippen LogP contribution < -0.4 is 0 Å². The molecule has 0 radical (unpaired) electrons. The average molecular weight is 478 g/mol. The number of ketones is 1. The molecule has 180 valence electrons. The van der Waals surface area contributed by atoms with E-state index in [9.17, 15) is 14.4 Å². The van der Waals surface area contributed by atoms with Crippen LogP contribution in [-0.2, 0) is 14.4 Å². The maximum Gasteiger partial charge on any atom is 0.291 e. The van der Waals surface area contributed by atoms with Crippen molar-refractivity contribution in [3.05, 3.63) is 71.8 Å². The Morgan fingerprint density at radius 2 is 1.56 bits per heavy atom. The topological polar surface area (TPSA) is 54.5 Å². The number of thioether (sulfide) groups is 1. The van der Waals surface area contributed by atoms with Gasteiger partial charge in [-0.15, -0.1) is 0 Å². The van der Waals surface area contributed by atoms with Crippen molar-refractivity contribution < 1.29 is 14.4 Å². The van der Waals surface area contributed by atoms with Gasteiger partial charge in [0.2, 0.25) is 10.9 Å². The molecular formula is C29H35NO3S. The molecule has 5 heteroatoms. The van der Waals surface area contributed by atoms with Crippen LogP contribution in [0.15, 0.2) is 60.7 Å². The molecule has 1 saturated heterocycles. The predicted molar refractivity (Wildman–Crippen MR) is 138 cm³/mol. The van der Waals surface area contributed by atoms with E-state index in [4.69, 9.17) is 0 Å². The van der Waals surface area contributed by atoms with E-state index in [-0.39, 0.29) is 28.8 Å². The van der Waals surface area contributed by atoms with Gasteiger partial charge in [0.15, 0.2) is 0 Å². The van der Waals surface area contributed by atoms with E-state index < -0.39 is 17.4 Å². The number of Topliss-reactive ketones (excluding diaryl/α,β-unsaturated/α-hetero) is 1. The highest BCUT2D eigenvalue weighted by Crippen LogP contribution is 2.45. The van der Waals surface area contributed by atoms with Crippen LogP contribution in [0.2, 0.25) is 0 Å². The van der Waals surface area contributed by atoms with Crippen LogP contribution in [0.3, 0.4) is 0 Å². The van der Waals surface area contributed by atoms with E-state index in [1.165, 1.54) is 22.9 Å². The number of carbonyl (C=O) groups is 3. The highest BCUT2D eigenvalue weighted by atomic mass is 32.2. The summed E-state index contributed by atoms with van der Waals surface area (Å²) in [5, 5.41) is 0.0440. The van der Waals surface area contributed by atoms with E-state index in [2.05, 4.69) is 48.5 Å². The Balaban J connectivity index is 1.45. The number of carbonyl (C=O) groups excluding carboxylic acids is 3. The summed E-state index contributed by atoms with van der Waals surface area (Å²) in [6.07, 6.45) is 4.15. The molecule has 0 spiro atoms. The van der Waals surface area contributed by atoms with Crippen LogP contribution in [0.1, 0.15) is 69.9 Å². The number of rotatable bonds is 9. The Morgan fingerprint density at radius 3 is 2.12 bits per heavy atom. The second-order valence-electron chi connectivity index (χ2n) is 10.3. The Hall–Kier alpha value is -2.40. The molecule has 1 heterocycles. The van der Waals surface area contributed by atoms with Crippen LogP contribution in [0.25, 0.3) is 0 Å². The summed E-state index contributed by atoms with van der Waals surface area (Å²) in [5.41, 5.74) is 1.79. The summed E-state index contributed by atoms with van der Waals surface area (Å²) in [4.78, 5) is 41.2. The molecule has 1 amide bonds. The average Bonchev–Trinajstić information content (AvgIpc) is 3.49.